The molecule has 1 fully saturated rings. The van der Waals surface area contributed by atoms with Gasteiger partial charge in [0.25, 0.3) is 0 Å². The molecule has 0 spiro atoms. The summed E-state index contributed by atoms with van der Waals surface area (Å²) >= 11 is 0. The first-order chi connectivity index (χ1) is 7.85. The van der Waals surface area contributed by atoms with Crippen molar-refractivity contribution in [2.24, 2.45) is 0 Å². The minimum atomic E-state index is 0.141. The Kier molecular flexibility index (Phi) is 3.97. The molecule has 88 valence electrons. The van der Waals surface area contributed by atoms with Crippen LogP contribution in [0, 0.1) is 0 Å². The Morgan fingerprint density at radius 2 is 2.00 bits per heavy atom. The smallest absolute Gasteiger partial charge is 0.0681 e. The number of rotatable bonds is 3. The van der Waals surface area contributed by atoms with Crippen molar-refractivity contribution in [1.29, 1.82) is 0 Å². The van der Waals surface area contributed by atoms with Gasteiger partial charge in [-0.15, -0.1) is 0 Å². The normalized spacial score (nSPS) is 22.2. The first-order valence-corrected chi connectivity index (χ1v) is 6.29. The number of nitrogens with zero attached hydrogens (tertiary/aromatic N) is 1. The van der Waals surface area contributed by atoms with E-state index in [4.69, 9.17) is 5.11 Å². The molecular weight excluding hydrogens is 198 g/mol. The van der Waals surface area contributed by atoms with Crippen molar-refractivity contribution >= 4 is 0 Å². The minimum Gasteiger partial charge on any atom is -0.392 e. The zero-order valence-corrected chi connectivity index (χ0v) is 10.0. The van der Waals surface area contributed by atoms with Crippen LogP contribution < -0.4 is 0 Å². The third kappa shape index (κ3) is 2.45. The van der Waals surface area contributed by atoms with Crippen LogP contribution in [0.5, 0.6) is 0 Å². The molecule has 1 aliphatic rings. The van der Waals surface area contributed by atoms with E-state index in [0.717, 1.165) is 12.1 Å². The highest BCUT2D eigenvalue weighted by Gasteiger charge is 2.21. The summed E-state index contributed by atoms with van der Waals surface area (Å²) < 4.78 is 0. The molecule has 0 aliphatic carbocycles. The molecule has 1 heterocycles. The molecule has 2 nitrogen and oxygen atoms in total. The van der Waals surface area contributed by atoms with Crippen LogP contribution in [0.3, 0.4) is 0 Å². The van der Waals surface area contributed by atoms with Gasteiger partial charge < -0.3 is 5.11 Å². The van der Waals surface area contributed by atoms with E-state index in [2.05, 4.69) is 24.0 Å². The number of hydrogen-bond acceptors (Lipinski definition) is 2. The topological polar surface area (TPSA) is 23.5 Å². The van der Waals surface area contributed by atoms with Crippen LogP contribution in [0.25, 0.3) is 0 Å². The third-order valence-electron chi connectivity index (χ3n) is 3.57. The molecule has 1 unspecified atom stereocenters. The molecule has 0 aromatic heterocycles. The van der Waals surface area contributed by atoms with Crippen molar-refractivity contribution < 1.29 is 5.11 Å². The fourth-order valence-electron chi connectivity index (χ4n) is 2.59. The monoisotopic (exact) mass is 219 g/mol. The second-order valence-electron chi connectivity index (χ2n) is 4.54. The van der Waals surface area contributed by atoms with Crippen LogP contribution in [0.1, 0.15) is 43.4 Å². The summed E-state index contributed by atoms with van der Waals surface area (Å²) in [5, 5.41) is 9.03. The van der Waals surface area contributed by atoms with Crippen molar-refractivity contribution in [3.05, 3.63) is 35.4 Å². The average Bonchev–Trinajstić information content (AvgIpc) is 2.39. The van der Waals surface area contributed by atoms with Crippen LogP contribution >= 0.6 is 0 Å². The van der Waals surface area contributed by atoms with Gasteiger partial charge in [-0.25, -0.2) is 0 Å². The lowest BCUT2D eigenvalue weighted by Crippen LogP contribution is -2.33. The highest BCUT2D eigenvalue weighted by atomic mass is 16.3. The van der Waals surface area contributed by atoms with E-state index in [-0.39, 0.29) is 6.61 Å². The summed E-state index contributed by atoms with van der Waals surface area (Å²) in [6.07, 6.45) is 3.94. The van der Waals surface area contributed by atoms with Crippen molar-refractivity contribution in [3.63, 3.8) is 0 Å². The molecule has 0 saturated carbocycles. The Labute approximate surface area is 97.9 Å². The van der Waals surface area contributed by atoms with Gasteiger partial charge in [0.15, 0.2) is 0 Å². The first kappa shape index (κ1) is 11.6. The van der Waals surface area contributed by atoms with E-state index < -0.39 is 0 Å². The number of aliphatic hydroxyl groups excluding tert-OH is 1. The largest absolute Gasteiger partial charge is 0.392 e. The van der Waals surface area contributed by atoms with Crippen molar-refractivity contribution in [2.45, 2.75) is 38.8 Å². The predicted octanol–water partition coefficient (Wildman–Crippen LogP) is 2.73. The van der Waals surface area contributed by atoms with Gasteiger partial charge >= 0.3 is 0 Å². The van der Waals surface area contributed by atoms with E-state index in [1.54, 1.807) is 0 Å². The SMILES string of the molecule is CCN1CCCCC1c1ccc(CO)cc1. The van der Waals surface area contributed by atoms with Gasteiger partial charge in [0, 0.05) is 6.04 Å². The van der Waals surface area contributed by atoms with Crippen LogP contribution in [-0.4, -0.2) is 23.1 Å². The lowest BCUT2D eigenvalue weighted by atomic mass is 9.95. The number of benzene rings is 1. The van der Waals surface area contributed by atoms with E-state index in [1.165, 1.54) is 31.4 Å². The quantitative estimate of drug-likeness (QED) is 0.845. The maximum atomic E-state index is 9.03. The van der Waals surface area contributed by atoms with Crippen LogP contribution in [0.2, 0.25) is 0 Å². The highest BCUT2D eigenvalue weighted by molar-refractivity contribution is 5.25. The second kappa shape index (κ2) is 5.46. The summed E-state index contributed by atoms with van der Waals surface area (Å²) in [6, 6.07) is 9.01. The highest BCUT2D eigenvalue weighted by Crippen LogP contribution is 2.30. The molecule has 1 aromatic rings. The zero-order valence-electron chi connectivity index (χ0n) is 10.0. The summed E-state index contributed by atoms with van der Waals surface area (Å²) in [6.45, 7) is 4.73. The van der Waals surface area contributed by atoms with Gasteiger partial charge in [0.1, 0.15) is 0 Å². The second-order valence-corrected chi connectivity index (χ2v) is 4.54. The summed E-state index contributed by atoms with van der Waals surface area (Å²) in [5.41, 5.74) is 2.40. The van der Waals surface area contributed by atoms with Gasteiger partial charge in [-0.05, 0) is 37.1 Å². The standard InChI is InChI=1S/C14H21NO/c1-2-15-10-4-3-5-14(15)13-8-6-12(11-16)7-9-13/h6-9,14,16H,2-5,10-11H2,1H3. The molecule has 16 heavy (non-hydrogen) atoms. The van der Waals surface area contributed by atoms with Gasteiger partial charge in [0.05, 0.1) is 6.61 Å². The first-order valence-electron chi connectivity index (χ1n) is 6.29. The van der Waals surface area contributed by atoms with Crippen LogP contribution in [-0.2, 0) is 6.61 Å². The Balaban J connectivity index is 2.14. The molecular formula is C14H21NO. The summed E-state index contributed by atoms with van der Waals surface area (Å²) in [4.78, 5) is 2.55. The van der Waals surface area contributed by atoms with Gasteiger partial charge in [-0.2, -0.15) is 0 Å². The minimum absolute atomic E-state index is 0.141. The fourth-order valence-corrected chi connectivity index (χ4v) is 2.59. The molecule has 1 N–H and O–H groups in total. The predicted molar refractivity (Wildman–Crippen MR) is 66.2 cm³/mol. The Morgan fingerprint density at radius 1 is 1.25 bits per heavy atom. The number of hydrogen-bond donors (Lipinski definition) is 1. The number of likely N-dealkylation sites (tertiary alicyclic amines) is 1. The van der Waals surface area contributed by atoms with E-state index in [1.807, 2.05) is 12.1 Å². The molecule has 1 aromatic carbocycles. The van der Waals surface area contributed by atoms with Crippen molar-refractivity contribution in [3.8, 4) is 0 Å². The molecule has 0 radical (unpaired) electrons. The Hall–Kier alpha value is -0.860. The van der Waals surface area contributed by atoms with E-state index >= 15 is 0 Å². The van der Waals surface area contributed by atoms with E-state index in [0.29, 0.717) is 6.04 Å². The maximum Gasteiger partial charge on any atom is 0.0681 e. The summed E-state index contributed by atoms with van der Waals surface area (Å²) in [5.74, 6) is 0. The van der Waals surface area contributed by atoms with Crippen LogP contribution in [0.4, 0.5) is 0 Å². The molecule has 0 amide bonds. The maximum absolute atomic E-state index is 9.03. The Bertz CT molecular complexity index is 320. The number of piperidine rings is 1. The molecule has 1 saturated heterocycles. The van der Waals surface area contributed by atoms with Crippen molar-refractivity contribution in [1.82, 2.24) is 4.90 Å². The molecule has 2 heteroatoms. The molecule has 1 atom stereocenters. The van der Waals surface area contributed by atoms with Gasteiger partial charge in [-0.1, -0.05) is 37.6 Å². The van der Waals surface area contributed by atoms with Gasteiger partial charge in [0.2, 0.25) is 0 Å². The van der Waals surface area contributed by atoms with Crippen LogP contribution in [0.15, 0.2) is 24.3 Å². The molecule has 1 aliphatic heterocycles. The summed E-state index contributed by atoms with van der Waals surface area (Å²) in [7, 11) is 0. The van der Waals surface area contributed by atoms with Crippen molar-refractivity contribution in [2.75, 3.05) is 13.1 Å². The fraction of sp³-hybridized carbons (Fsp3) is 0.571. The number of aliphatic hydroxyl groups is 1. The zero-order chi connectivity index (χ0) is 11.4. The Morgan fingerprint density at radius 3 is 2.62 bits per heavy atom. The average molecular weight is 219 g/mol. The third-order valence-corrected chi connectivity index (χ3v) is 3.57. The lowest BCUT2D eigenvalue weighted by Gasteiger charge is -2.35. The lowest BCUT2D eigenvalue weighted by molar-refractivity contribution is 0.157. The molecule has 2 rings (SSSR count). The van der Waals surface area contributed by atoms with Gasteiger partial charge in [-0.3, -0.25) is 4.90 Å². The van der Waals surface area contributed by atoms with E-state index in [9.17, 15) is 0 Å². The molecule has 0 bridgehead atoms.